The Morgan fingerprint density at radius 1 is 1.50 bits per heavy atom. The number of hydrogen-bond acceptors (Lipinski definition) is 5. The molecular formula is C9H18N2O3. The number of ether oxygens (including phenoxy) is 1. The molecule has 0 aliphatic carbocycles. The summed E-state index contributed by atoms with van der Waals surface area (Å²) in [6.07, 6.45) is 2.24. The first kappa shape index (κ1) is 15.3. The number of carbonyl (C=O) groups excluding carboxylic acids is 1. The second-order valence-corrected chi connectivity index (χ2v) is 2.30. The molecule has 0 saturated carbocycles. The molecule has 0 radical (unpaired) electrons. The number of nitrogens with two attached hydrogens (primary N) is 1. The number of aliphatic imine (C=N–C) groups is 1. The van der Waals surface area contributed by atoms with Crippen molar-refractivity contribution >= 4 is 12.0 Å². The molecule has 0 aliphatic heterocycles. The maximum Gasteiger partial charge on any atom is 0.163 e. The fourth-order valence-electron chi connectivity index (χ4n) is 0.488. The van der Waals surface area contributed by atoms with E-state index in [1.165, 1.54) is 13.3 Å². The first-order valence-corrected chi connectivity index (χ1v) is 4.14. The smallest absolute Gasteiger partial charge is 0.163 e. The lowest BCUT2D eigenvalue weighted by Crippen LogP contribution is -1.91. The molecule has 0 fully saturated rings. The van der Waals surface area contributed by atoms with Crippen LogP contribution in [-0.4, -0.2) is 25.7 Å². The van der Waals surface area contributed by atoms with Gasteiger partial charge in [0.25, 0.3) is 0 Å². The van der Waals surface area contributed by atoms with E-state index in [4.69, 9.17) is 4.74 Å². The van der Waals surface area contributed by atoms with Crippen LogP contribution in [0.5, 0.6) is 0 Å². The second-order valence-electron chi connectivity index (χ2n) is 2.30. The lowest BCUT2D eigenvalue weighted by Gasteiger charge is -1.98. The van der Waals surface area contributed by atoms with Crippen molar-refractivity contribution in [2.24, 2.45) is 10.9 Å². The van der Waals surface area contributed by atoms with Gasteiger partial charge in [0, 0.05) is 0 Å². The van der Waals surface area contributed by atoms with Crippen molar-refractivity contribution in [2.45, 2.75) is 20.8 Å². The lowest BCUT2D eigenvalue weighted by molar-refractivity contribution is -0.102. The van der Waals surface area contributed by atoms with Crippen molar-refractivity contribution in [3.05, 3.63) is 12.0 Å². The minimum absolute atomic E-state index is 0.448. The molecule has 0 aliphatic rings. The van der Waals surface area contributed by atoms with Crippen molar-refractivity contribution in [3.63, 3.8) is 0 Å². The summed E-state index contributed by atoms with van der Waals surface area (Å²) in [6.45, 7) is 5.96. The highest BCUT2D eigenvalue weighted by Crippen LogP contribution is 1.94. The first-order valence-electron chi connectivity index (χ1n) is 4.14. The zero-order valence-corrected chi connectivity index (χ0v) is 9.11. The zero-order valence-electron chi connectivity index (χ0n) is 9.11. The maximum absolute atomic E-state index is 10.1. The zero-order chi connectivity index (χ0) is 11.4. The molecule has 0 unspecified atom stereocenters. The van der Waals surface area contributed by atoms with E-state index in [0.717, 1.165) is 0 Å². The molecular weight excluding hydrogens is 184 g/mol. The fraction of sp³-hybridized carbons (Fsp3) is 0.556. The van der Waals surface area contributed by atoms with Gasteiger partial charge in [0.05, 0.1) is 25.6 Å². The average Bonchev–Trinajstić information content (AvgIpc) is 2.16. The number of aldehydes is 1. The van der Waals surface area contributed by atoms with Crippen LogP contribution in [0.3, 0.4) is 0 Å². The molecule has 5 nitrogen and oxygen atoms in total. The van der Waals surface area contributed by atoms with Crippen LogP contribution in [0.15, 0.2) is 17.0 Å². The van der Waals surface area contributed by atoms with Crippen molar-refractivity contribution in [1.82, 2.24) is 0 Å². The SMILES string of the molecule is CCO/C(C)=C/N=C(C)C=O.CON. The number of hydrogen-bond donors (Lipinski definition) is 1. The third-order valence-corrected chi connectivity index (χ3v) is 0.993. The Kier molecular flexibility index (Phi) is 12.9. The van der Waals surface area contributed by atoms with Crippen LogP contribution in [0, 0.1) is 0 Å². The minimum atomic E-state index is 0.448. The second kappa shape index (κ2) is 11.8. The molecule has 0 aromatic rings. The predicted molar refractivity (Wildman–Crippen MR) is 55.8 cm³/mol. The number of allylic oxidation sites excluding steroid dienone is 1. The number of nitrogens with zero attached hydrogens (tertiary/aromatic N) is 1. The monoisotopic (exact) mass is 202 g/mol. The van der Waals surface area contributed by atoms with E-state index in [9.17, 15) is 4.79 Å². The molecule has 0 bridgehead atoms. The van der Waals surface area contributed by atoms with Gasteiger partial charge >= 0.3 is 0 Å². The van der Waals surface area contributed by atoms with E-state index in [1.807, 2.05) is 6.92 Å². The highest BCUT2D eigenvalue weighted by atomic mass is 16.6. The van der Waals surface area contributed by atoms with Crippen LogP contribution in [0.2, 0.25) is 0 Å². The van der Waals surface area contributed by atoms with Crippen LogP contribution in [-0.2, 0) is 14.4 Å². The molecule has 5 heteroatoms. The van der Waals surface area contributed by atoms with Crippen LogP contribution in [0.25, 0.3) is 0 Å². The van der Waals surface area contributed by atoms with Gasteiger partial charge in [0.1, 0.15) is 5.76 Å². The Hall–Kier alpha value is -1.20. The standard InChI is InChI=1S/C8H13NO2.CH5NO/c1-4-11-8(3)5-9-7(2)6-10;1-3-2/h5-6H,4H2,1-3H3;2H2,1H3/b8-5+,9-7?;. The molecule has 14 heavy (non-hydrogen) atoms. The van der Waals surface area contributed by atoms with E-state index >= 15 is 0 Å². The first-order chi connectivity index (χ1) is 6.62. The van der Waals surface area contributed by atoms with Gasteiger partial charge in [-0.1, -0.05) is 0 Å². The molecule has 0 saturated heterocycles. The van der Waals surface area contributed by atoms with Crippen LogP contribution >= 0.6 is 0 Å². The molecule has 0 aromatic carbocycles. The molecule has 82 valence electrons. The van der Waals surface area contributed by atoms with Crippen molar-refractivity contribution in [1.29, 1.82) is 0 Å². The largest absolute Gasteiger partial charge is 0.497 e. The minimum Gasteiger partial charge on any atom is -0.497 e. The Morgan fingerprint density at radius 3 is 2.36 bits per heavy atom. The Morgan fingerprint density at radius 2 is 2.00 bits per heavy atom. The number of carbonyl (C=O) groups is 1. The fourth-order valence-corrected chi connectivity index (χ4v) is 0.488. The van der Waals surface area contributed by atoms with Crippen molar-refractivity contribution < 1.29 is 14.4 Å². The van der Waals surface area contributed by atoms with E-state index in [0.29, 0.717) is 24.4 Å². The van der Waals surface area contributed by atoms with Gasteiger partial charge in [-0.05, 0) is 20.8 Å². The Bertz CT molecular complexity index is 200. The summed E-state index contributed by atoms with van der Waals surface area (Å²) in [7, 11) is 1.40. The molecule has 0 aromatic heterocycles. The molecule has 0 heterocycles. The highest BCUT2D eigenvalue weighted by Gasteiger charge is 1.85. The molecule has 0 spiro atoms. The third kappa shape index (κ3) is 13.4. The molecule has 0 rings (SSSR count). The van der Waals surface area contributed by atoms with Crippen molar-refractivity contribution in [2.75, 3.05) is 13.7 Å². The summed E-state index contributed by atoms with van der Waals surface area (Å²) in [5.74, 6) is 5.06. The van der Waals surface area contributed by atoms with Crippen LogP contribution in [0.1, 0.15) is 20.8 Å². The molecule has 0 atom stereocenters. The van der Waals surface area contributed by atoms with E-state index in [-0.39, 0.29) is 0 Å². The summed E-state index contributed by atoms with van der Waals surface area (Å²) >= 11 is 0. The lowest BCUT2D eigenvalue weighted by atomic mass is 10.5. The number of rotatable bonds is 4. The van der Waals surface area contributed by atoms with Gasteiger partial charge in [-0.25, -0.2) is 5.90 Å². The Labute approximate surface area is 84.6 Å². The summed E-state index contributed by atoms with van der Waals surface area (Å²) in [5, 5.41) is 0. The third-order valence-electron chi connectivity index (χ3n) is 0.993. The molecule has 2 N–H and O–H groups in total. The quantitative estimate of drug-likeness (QED) is 0.320. The summed E-state index contributed by atoms with van der Waals surface area (Å²) in [5.41, 5.74) is 0.448. The highest BCUT2D eigenvalue weighted by molar-refractivity contribution is 6.27. The summed E-state index contributed by atoms with van der Waals surface area (Å²) < 4.78 is 5.07. The van der Waals surface area contributed by atoms with Gasteiger partial charge in [-0.2, -0.15) is 0 Å². The van der Waals surface area contributed by atoms with Crippen LogP contribution in [0.4, 0.5) is 0 Å². The Balaban J connectivity index is 0. The van der Waals surface area contributed by atoms with Gasteiger partial charge in [0.2, 0.25) is 0 Å². The normalized spacial score (nSPS) is 11.5. The molecule has 0 amide bonds. The van der Waals surface area contributed by atoms with Gasteiger partial charge in [-0.15, -0.1) is 0 Å². The van der Waals surface area contributed by atoms with Crippen LogP contribution < -0.4 is 5.90 Å². The summed E-state index contributed by atoms with van der Waals surface area (Å²) in [6, 6.07) is 0. The van der Waals surface area contributed by atoms with Gasteiger partial charge in [0.15, 0.2) is 6.29 Å². The maximum atomic E-state index is 10.1. The van der Waals surface area contributed by atoms with Gasteiger partial charge < -0.3 is 9.57 Å². The average molecular weight is 202 g/mol. The van der Waals surface area contributed by atoms with E-state index in [2.05, 4.69) is 15.7 Å². The van der Waals surface area contributed by atoms with Crippen molar-refractivity contribution in [3.8, 4) is 0 Å². The van der Waals surface area contributed by atoms with E-state index < -0.39 is 0 Å². The van der Waals surface area contributed by atoms with E-state index in [1.54, 1.807) is 13.8 Å². The van der Waals surface area contributed by atoms with Gasteiger partial charge in [-0.3, -0.25) is 9.79 Å². The topological polar surface area (TPSA) is 73.9 Å². The predicted octanol–water partition coefficient (Wildman–Crippen LogP) is 1.05. The summed E-state index contributed by atoms with van der Waals surface area (Å²) in [4.78, 5) is 17.6.